The summed E-state index contributed by atoms with van der Waals surface area (Å²) in [5, 5.41) is 28.5. The SMILES string of the molecule is CCCCCCCCCCCCN1CC(C(=O)O)CC1=O.CCCCCCCCCCN1CC(C(=O)O)CC1=O.CCCCCCCCCCN1CC(C(=O)[O-])CC1=O.[Na+]. The molecule has 13 heteroatoms. The van der Waals surface area contributed by atoms with Gasteiger partial charge in [0.1, 0.15) is 0 Å². The van der Waals surface area contributed by atoms with Gasteiger partial charge in [0.15, 0.2) is 0 Å². The predicted molar refractivity (Wildman–Crippen MR) is 231 cm³/mol. The minimum Gasteiger partial charge on any atom is -0.550 e. The average Bonchev–Trinajstić information content (AvgIpc) is 3.90. The molecule has 12 nitrogen and oxygen atoms in total. The number of hydrogen-bond donors (Lipinski definition) is 2. The van der Waals surface area contributed by atoms with Crippen molar-refractivity contribution in [3.63, 3.8) is 0 Å². The van der Waals surface area contributed by atoms with E-state index >= 15 is 0 Å². The minimum atomic E-state index is -1.09. The van der Waals surface area contributed by atoms with E-state index < -0.39 is 35.7 Å². The number of nitrogens with zero attached hydrogens (tertiary/aromatic N) is 3. The van der Waals surface area contributed by atoms with Gasteiger partial charge in [-0.25, -0.2) is 0 Å². The Morgan fingerprint density at radius 2 is 0.650 bits per heavy atom. The summed E-state index contributed by atoms with van der Waals surface area (Å²) in [6, 6.07) is 0. The normalized spacial score (nSPS) is 18.6. The summed E-state index contributed by atoms with van der Waals surface area (Å²) in [7, 11) is 0. The number of amides is 3. The van der Waals surface area contributed by atoms with Crippen molar-refractivity contribution in [1.29, 1.82) is 0 Å². The number of rotatable bonds is 32. The van der Waals surface area contributed by atoms with E-state index in [9.17, 15) is 33.9 Å². The first-order chi connectivity index (χ1) is 28.4. The number of hydrogen-bond acceptors (Lipinski definition) is 7. The van der Waals surface area contributed by atoms with Crippen molar-refractivity contribution < 1.29 is 73.6 Å². The Hall–Kier alpha value is -2.18. The summed E-state index contributed by atoms with van der Waals surface area (Å²) in [4.78, 5) is 72.3. The zero-order valence-electron chi connectivity index (χ0n) is 38.6. The fourth-order valence-electron chi connectivity index (χ4n) is 8.12. The Morgan fingerprint density at radius 3 is 0.850 bits per heavy atom. The molecule has 2 N–H and O–H groups in total. The standard InChI is InChI=1S/C17H31NO3.2C15H27NO3.Na/c1-2-3-4-5-6-7-8-9-10-11-12-18-14-15(17(20)21)13-16(18)19;2*1-2-3-4-5-6-7-8-9-10-16-12-13(15(18)19)11-14(16)17;/h15H,2-14H2,1H3,(H,20,21);2*13H,2-12H2,1H3,(H,18,19);/q;;;+1/p-1. The third kappa shape index (κ3) is 27.7. The van der Waals surface area contributed by atoms with Crippen LogP contribution < -0.4 is 34.7 Å². The van der Waals surface area contributed by atoms with Crippen LogP contribution in [0.2, 0.25) is 0 Å². The zero-order valence-corrected chi connectivity index (χ0v) is 40.6. The molecule has 3 unspecified atom stereocenters. The van der Waals surface area contributed by atoms with Gasteiger partial charge in [0, 0.05) is 70.4 Å². The molecule has 0 saturated carbocycles. The molecule has 3 heterocycles. The van der Waals surface area contributed by atoms with Crippen molar-refractivity contribution >= 4 is 35.6 Å². The Labute approximate surface area is 386 Å². The number of likely N-dealkylation sites (tertiary alicyclic amines) is 3. The van der Waals surface area contributed by atoms with Crippen molar-refractivity contribution in [3.05, 3.63) is 0 Å². The first-order valence-electron chi connectivity index (χ1n) is 23.9. The maximum absolute atomic E-state index is 11.6. The van der Waals surface area contributed by atoms with Crippen LogP contribution in [0.5, 0.6) is 0 Å². The molecule has 0 radical (unpaired) electrons. The van der Waals surface area contributed by atoms with Crippen molar-refractivity contribution in [1.82, 2.24) is 14.7 Å². The molecular formula is C47H84N3NaO9. The van der Waals surface area contributed by atoms with Crippen molar-refractivity contribution in [2.75, 3.05) is 39.3 Å². The molecule has 3 atom stereocenters. The van der Waals surface area contributed by atoms with Crippen LogP contribution in [0.15, 0.2) is 0 Å². The van der Waals surface area contributed by atoms with E-state index in [-0.39, 0.29) is 66.5 Å². The summed E-state index contributed by atoms with van der Waals surface area (Å²) in [5.41, 5.74) is 0. The van der Waals surface area contributed by atoms with E-state index in [1.165, 1.54) is 128 Å². The van der Waals surface area contributed by atoms with Crippen LogP contribution >= 0.6 is 0 Å². The molecule has 0 spiro atoms. The molecule has 3 aliphatic rings. The van der Waals surface area contributed by atoms with E-state index in [0.717, 1.165) is 51.6 Å². The maximum atomic E-state index is 11.6. The van der Waals surface area contributed by atoms with Gasteiger partial charge >= 0.3 is 41.5 Å². The van der Waals surface area contributed by atoms with Crippen LogP contribution in [0.1, 0.15) is 207 Å². The van der Waals surface area contributed by atoms with Crippen LogP contribution in [0.4, 0.5) is 0 Å². The van der Waals surface area contributed by atoms with Crippen molar-refractivity contribution in [2.24, 2.45) is 17.8 Å². The number of carbonyl (C=O) groups excluding carboxylic acids is 4. The quantitative estimate of drug-likeness (QED) is 0.0642. The molecule has 0 aromatic heterocycles. The Morgan fingerprint density at radius 1 is 0.433 bits per heavy atom. The van der Waals surface area contributed by atoms with E-state index in [1.54, 1.807) is 14.7 Å². The smallest absolute Gasteiger partial charge is 0.550 e. The minimum absolute atomic E-state index is 0. The molecule has 3 saturated heterocycles. The molecule has 3 amide bonds. The first-order valence-corrected chi connectivity index (χ1v) is 23.9. The summed E-state index contributed by atoms with van der Waals surface area (Å²) in [6.07, 6.45) is 33.0. The fraction of sp³-hybridized carbons (Fsp3) is 0.872. The molecule has 3 rings (SSSR count). The van der Waals surface area contributed by atoms with Gasteiger partial charge in [0.2, 0.25) is 17.7 Å². The Balaban J connectivity index is 0.000000865. The number of carboxylic acids is 3. The van der Waals surface area contributed by atoms with E-state index in [1.807, 2.05) is 0 Å². The third-order valence-corrected chi connectivity index (χ3v) is 12.0. The van der Waals surface area contributed by atoms with Gasteiger partial charge in [0.25, 0.3) is 0 Å². The van der Waals surface area contributed by atoms with Gasteiger partial charge in [-0.1, -0.05) is 168 Å². The van der Waals surface area contributed by atoms with Gasteiger partial charge in [-0.2, -0.15) is 0 Å². The summed E-state index contributed by atoms with van der Waals surface area (Å²) in [6.45, 7) is 10.0. The van der Waals surface area contributed by atoms with Gasteiger partial charge in [-0.05, 0) is 19.3 Å². The van der Waals surface area contributed by atoms with Gasteiger partial charge in [0.05, 0.1) is 11.8 Å². The largest absolute Gasteiger partial charge is 1.00 e. The molecule has 3 fully saturated rings. The molecule has 60 heavy (non-hydrogen) atoms. The van der Waals surface area contributed by atoms with Crippen molar-refractivity contribution in [2.45, 2.75) is 207 Å². The fourth-order valence-corrected chi connectivity index (χ4v) is 8.12. The third-order valence-electron chi connectivity index (χ3n) is 12.0. The second kappa shape index (κ2) is 37.4. The molecule has 342 valence electrons. The average molecular weight is 858 g/mol. The van der Waals surface area contributed by atoms with E-state index in [0.29, 0.717) is 26.2 Å². The summed E-state index contributed by atoms with van der Waals surface area (Å²) >= 11 is 0. The Kier molecular flexibility index (Phi) is 36.0. The zero-order chi connectivity index (χ0) is 43.7. The monoisotopic (exact) mass is 858 g/mol. The van der Waals surface area contributed by atoms with E-state index in [4.69, 9.17) is 10.2 Å². The van der Waals surface area contributed by atoms with Gasteiger partial charge in [-0.15, -0.1) is 0 Å². The number of unbranched alkanes of at least 4 members (excludes halogenated alkanes) is 23. The van der Waals surface area contributed by atoms with Crippen molar-refractivity contribution in [3.8, 4) is 0 Å². The molecule has 3 aliphatic heterocycles. The molecule has 0 aromatic rings. The van der Waals surface area contributed by atoms with Crippen LogP contribution in [0.25, 0.3) is 0 Å². The van der Waals surface area contributed by atoms with Crippen LogP contribution in [0.3, 0.4) is 0 Å². The topological polar surface area (TPSA) is 176 Å². The number of carbonyl (C=O) groups is 6. The number of aliphatic carboxylic acids is 3. The van der Waals surface area contributed by atoms with Gasteiger partial charge < -0.3 is 34.8 Å². The number of carboxylic acid groups (broad SMARTS) is 3. The molecule has 0 bridgehead atoms. The Bertz CT molecular complexity index is 1130. The maximum Gasteiger partial charge on any atom is 1.00 e. The first kappa shape index (κ1) is 57.8. The molecular weight excluding hydrogens is 774 g/mol. The summed E-state index contributed by atoms with van der Waals surface area (Å²) < 4.78 is 0. The molecule has 0 aliphatic carbocycles. The summed E-state index contributed by atoms with van der Waals surface area (Å²) in [5.74, 6) is -4.35. The second-order valence-electron chi connectivity index (χ2n) is 17.3. The van der Waals surface area contributed by atoms with Crippen LogP contribution in [-0.2, 0) is 28.8 Å². The predicted octanol–water partition coefficient (Wildman–Crippen LogP) is 5.63. The van der Waals surface area contributed by atoms with Crippen LogP contribution in [0, 0.1) is 17.8 Å². The van der Waals surface area contributed by atoms with E-state index in [2.05, 4.69) is 20.8 Å². The van der Waals surface area contributed by atoms with Gasteiger partial charge in [-0.3, -0.25) is 24.0 Å². The molecule has 0 aromatic carbocycles. The van der Waals surface area contributed by atoms with Crippen LogP contribution in [-0.4, -0.2) is 99.8 Å². The second-order valence-corrected chi connectivity index (χ2v) is 17.3.